The van der Waals surface area contributed by atoms with E-state index in [1.54, 1.807) is 0 Å². The zero-order valence-electron chi connectivity index (χ0n) is 14.1. The second kappa shape index (κ2) is 7.79. The molecular weight excluding hydrogens is 264 g/mol. The molecule has 0 heterocycles. The van der Waals surface area contributed by atoms with Crippen LogP contribution in [0.2, 0.25) is 0 Å². The van der Waals surface area contributed by atoms with Crippen molar-refractivity contribution in [2.45, 2.75) is 39.5 Å². The number of benzene rings is 2. The van der Waals surface area contributed by atoms with Gasteiger partial charge in [-0.05, 0) is 47.9 Å². The summed E-state index contributed by atoms with van der Waals surface area (Å²) in [7, 11) is 0. The zero-order valence-corrected chi connectivity index (χ0v) is 14.1. The molecule has 0 bridgehead atoms. The van der Waals surface area contributed by atoms with Crippen molar-refractivity contribution >= 4 is 0 Å². The fraction of sp³-hybridized carbons (Fsp3) is 0.273. The summed E-state index contributed by atoms with van der Waals surface area (Å²) in [6.07, 6.45) is 8.73. The Morgan fingerprint density at radius 2 is 1.32 bits per heavy atom. The molecule has 0 aliphatic rings. The minimum absolute atomic E-state index is 0.433. The summed E-state index contributed by atoms with van der Waals surface area (Å²) >= 11 is 0. The van der Waals surface area contributed by atoms with Gasteiger partial charge in [-0.15, -0.1) is 0 Å². The summed E-state index contributed by atoms with van der Waals surface area (Å²) in [5, 5.41) is 0. The molecule has 2 atom stereocenters. The molecule has 0 nitrogen and oxygen atoms in total. The van der Waals surface area contributed by atoms with E-state index in [9.17, 15) is 0 Å². The maximum absolute atomic E-state index is 2.25. The summed E-state index contributed by atoms with van der Waals surface area (Å²) in [4.78, 5) is 0. The van der Waals surface area contributed by atoms with Crippen LogP contribution in [0.3, 0.4) is 0 Å². The third kappa shape index (κ3) is 3.76. The van der Waals surface area contributed by atoms with Crippen molar-refractivity contribution in [2.24, 2.45) is 0 Å². The third-order valence-electron chi connectivity index (χ3n) is 4.16. The lowest BCUT2D eigenvalue weighted by atomic mass is 9.90. The predicted molar refractivity (Wildman–Crippen MR) is 98.3 cm³/mol. The molecule has 0 amide bonds. The van der Waals surface area contributed by atoms with E-state index < -0.39 is 0 Å². The van der Waals surface area contributed by atoms with Crippen molar-refractivity contribution in [3.8, 4) is 11.1 Å². The van der Waals surface area contributed by atoms with Gasteiger partial charge in [-0.25, -0.2) is 0 Å². The summed E-state index contributed by atoms with van der Waals surface area (Å²) in [6.45, 7) is 8.64. The van der Waals surface area contributed by atoms with E-state index >= 15 is 0 Å². The van der Waals surface area contributed by atoms with Gasteiger partial charge in [0.05, 0.1) is 0 Å². The molecule has 2 aromatic rings. The van der Waals surface area contributed by atoms with Crippen LogP contribution in [0.15, 0.2) is 72.8 Å². The Hall–Kier alpha value is -2.08. The van der Waals surface area contributed by atoms with Gasteiger partial charge in [-0.3, -0.25) is 0 Å². The highest BCUT2D eigenvalue weighted by molar-refractivity contribution is 5.68. The van der Waals surface area contributed by atoms with Crippen LogP contribution in [0.4, 0.5) is 0 Å². The summed E-state index contributed by atoms with van der Waals surface area (Å²) in [5.41, 5.74) is 5.37. The molecule has 0 radical (unpaired) electrons. The maximum Gasteiger partial charge on any atom is -0.000440 e. The Morgan fingerprint density at radius 1 is 0.727 bits per heavy atom. The van der Waals surface area contributed by atoms with Gasteiger partial charge >= 0.3 is 0 Å². The number of rotatable bonds is 5. The van der Waals surface area contributed by atoms with Gasteiger partial charge in [0.15, 0.2) is 0 Å². The van der Waals surface area contributed by atoms with E-state index in [0.29, 0.717) is 11.8 Å². The highest BCUT2D eigenvalue weighted by Gasteiger charge is 2.09. The number of hydrogen-bond acceptors (Lipinski definition) is 0. The zero-order chi connectivity index (χ0) is 15.9. The highest BCUT2D eigenvalue weighted by Crippen LogP contribution is 2.31. The first-order valence-electron chi connectivity index (χ1n) is 8.12. The van der Waals surface area contributed by atoms with Crippen molar-refractivity contribution in [3.05, 3.63) is 84.0 Å². The number of hydrogen-bond donors (Lipinski definition) is 0. The predicted octanol–water partition coefficient (Wildman–Crippen LogP) is 6.71. The van der Waals surface area contributed by atoms with Gasteiger partial charge in [0.1, 0.15) is 0 Å². The molecule has 0 spiro atoms. The van der Waals surface area contributed by atoms with Gasteiger partial charge in [0, 0.05) is 0 Å². The molecule has 2 aromatic carbocycles. The van der Waals surface area contributed by atoms with Crippen LogP contribution in [0.1, 0.15) is 50.7 Å². The van der Waals surface area contributed by atoms with Gasteiger partial charge in [-0.1, -0.05) is 86.7 Å². The minimum Gasteiger partial charge on any atom is -0.0911 e. The second-order valence-electron chi connectivity index (χ2n) is 5.84. The molecule has 2 rings (SSSR count). The first-order chi connectivity index (χ1) is 10.7. The van der Waals surface area contributed by atoms with E-state index in [4.69, 9.17) is 0 Å². The van der Waals surface area contributed by atoms with Crippen LogP contribution in [-0.4, -0.2) is 0 Å². The Kier molecular flexibility index (Phi) is 5.77. The van der Waals surface area contributed by atoms with Crippen LogP contribution in [0.5, 0.6) is 0 Å². The average Bonchev–Trinajstić information content (AvgIpc) is 2.55. The van der Waals surface area contributed by atoms with Crippen molar-refractivity contribution in [1.29, 1.82) is 0 Å². The normalized spacial score (nSPS) is 14.5. The molecule has 0 aliphatic carbocycles. The van der Waals surface area contributed by atoms with Gasteiger partial charge in [-0.2, -0.15) is 0 Å². The lowest BCUT2D eigenvalue weighted by molar-refractivity contribution is 0.962. The molecule has 0 aliphatic heterocycles. The van der Waals surface area contributed by atoms with E-state index in [1.807, 2.05) is 0 Å². The number of allylic oxidation sites excluding steroid dienone is 4. The quantitative estimate of drug-likeness (QED) is 0.537. The summed E-state index contributed by atoms with van der Waals surface area (Å²) in [5.74, 6) is 0.902. The molecule has 22 heavy (non-hydrogen) atoms. The molecular formula is C22H26. The molecule has 0 saturated carbocycles. The molecule has 0 N–H and O–H groups in total. The Balaban J connectivity index is 2.36. The van der Waals surface area contributed by atoms with E-state index in [2.05, 4.69) is 101 Å². The standard InChI is InChI=1S/C22H26/c1-5-9-17(3)19-13-15-20(16-14-19)22-12-8-7-11-21(22)18(4)10-6-2/h5-18H,1-4H3. The minimum atomic E-state index is 0.433. The Labute approximate surface area is 135 Å². The highest BCUT2D eigenvalue weighted by atomic mass is 14.1. The van der Waals surface area contributed by atoms with Crippen molar-refractivity contribution in [3.63, 3.8) is 0 Å². The maximum atomic E-state index is 2.25. The lowest BCUT2D eigenvalue weighted by Crippen LogP contribution is -1.94. The largest absolute Gasteiger partial charge is 0.0911 e. The fourth-order valence-electron chi connectivity index (χ4n) is 2.92. The topological polar surface area (TPSA) is 0 Å². The lowest BCUT2D eigenvalue weighted by Gasteiger charge is -2.15. The van der Waals surface area contributed by atoms with Crippen LogP contribution in [0.25, 0.3) is 11.1 Å². The Bertz CT molecular complexity index is 644. The smallest absolute Gasteiger partial charge is 0.000440 e. The van der Waals surface area contributed by atoms with Crippen LogP contribution >= 0.6 is 0 Å². The first-order valence-corrected chi connectivity index (χ1v) is 8.12. The monoisotopic (exact) mass is 290 g/mol. The third-order valence-corrected chi connectivity index (χ3v) is 4.16. The molecule has 2 unspecified atom stereocenters. The summed E-state index contributed by atoms with van der Waals surface area (Å²) in [6, 6.07) is 17.7. The SMILES string of the molecule is CC=CC(C)c1ccc(-c2ccccc2C(C)C=CC)cc1. The molecule has 0 aromatic heterocycles. The van der Waals surface area contributed by atoms with E-state index in [0.717, 1.165) is 0 Å². The van der Waals surface area contributed by atoms with E-state index in [1.165, 1.54) is 22.3 Å². The van der Waals surface area contributed by atoms with Crippen LogP contribution < -0.4 is 0 Å². The van der Waals surface area contributed by atoms with Crippen molar-refractivity contribution < 1.29 is 0 Å². The molecule has 0 heteroatoms. The molecule has 0 fully saturated rings. The van der Waals surface area contributed by atoms with Gasteiger partial charge in [0.25, 0.3) is 0 Å². The summed E-state index contributed by atoms with van der Waals surface area (Å²) < 4.78 is 0. The van der Waals surface area contributed by atoms with E-state index in [-0.39, 0.29) is 0 Å². The second-order valence-corrected chi connectivity index (χ2v) is 5.84. The first kappa shape index (κ1) is 16.3. The van der Waals surface area contributed by atoms with Gasteiger partial charge in [0.2, 0.25) is 0 Å². The van der Waals surface area contributed by atoms with Crippen LogP contribution in [-0.2, 0) is 0 Å². The fourth-order valence-corrected chi connectivity index (χ4v) is 2.92. The van der Waals surface area contributed by atoms with Gasteiger partial charge < -0.3 is 0 Å². The van der Waals surface area contributed by atoms with Crippen LogP contribution in [0, 0.1) is 0 Å². The molecule has 114 valence electrons. The Morgan fingerprint density at radius 3 is 1.95 bits per heavy atom. The van der Waals surface area contributed by atoms with Crippen molar-refractivity contribution in [1.82, 2.24) is 0 Å². The van der Waals surface area contributed by atoms with Crippen molar-refractivity contribution in [2.75, 3.05) is 0 Å². The molecule has 0 saturated heterocycles. The average molecular weight is 290 g/mol.